The Hall–Kier alpha value is -1.47. The van der Waals surface area contributed by atoms with Crippen molar-refractivity contribution in [1.29, 1.82) is 0 Å². The number of benzene rings is 2. The summed E-state index contributed by atoms with van der Waals surface area (Å²) in [7, 11) is -4.11. The monoisotopic (exact) mass is 435 g/mol. The quantitative estimate of drug-likeness (QED) is 0.611. The molecule has 0 amide bonds. The molecule has 0 saturated carbocycles. The van der Waals surface area contributed by atoms with Crippen molar-refractivity contribution in [3.05, 3.63) is 57.5 Å². The van der Waals surface area contributed by atoms with Gasteiger partial charge in [0.2, 0.25) is 0 Å². The average molecular weight is 437 g/mol. The van der Waals surface area contributed by atoms with Crippen LogP contribution in [0.1, 0.15) is 13.8 Å². The lowest BCUT2D eigenvalue weighted by molar-refractivity contribution is -0.145. The number of esters is 1. The van der Waals surface area contributed by atoms with Gasteiger partial charge in [0.05, 0.1) is 21.7 Å². The van der Waals surface area contributed by atoms with Gasteiger partial charge in [0, 0.05) is 10.0 Å². The fourth-order valence-electron chi connectivity index (χ4n) is 2.13. The molecule has 0 N–H and O–H groups in total. The number of ether oxygens (including phenoxy) is 1. The Bertz CT molecular complexity index is 899. The summed E-state index contributed by atoms with van der Waals surface area (Å²) in [5.41, 5.74) is 0.0785. The third kappa shape index (κ3) is 5.04. The van der Waals surface area contributed by atoms with Crippen molar-refractivity contribution in [3.63, 3.8) is 0 Å². The van der Waals surface area contributed by atoms with Crippen molar-refractivity contribution in [2.24, 2.45) is 0 Å². The molecule has 2 aromatic rings. The number of rotatable bonds is 6. The standard InChI is InChI=1S/C17H16Cl3NO4S/c1-11(2)25-17(22)10-21(16-9-13(19)5-8-15(16)20)26(23,24)14-6-3-12(18)4-7-14/h3-9,11H,10H2,1-2H3. The first-order chi connectivity index (χ1) is 12.1. The van der Waals surface area contributed by atoms with Crippen molar-refractivity contribution in [1.82, 2.24) is 0 Å². The third-order valence-corrected chi connectivity index (χ3v) is 5.80. The third-order valence-electron chi connectivity index (χ3n) is 3.22. The minimum atomic E-state index is -4.11. The fourth-order valence-corrected chi connectivity index (χ4v) is 4.11. The van der Waals surface area contributed by atoms with Gasteiger partial charge in [-0.3, -0.25) is 9.10 Å². The Balaban J connectivity index is 2.54. The summed E-state index contributed by atoms with van der Waals surface area (Å²) in [6.07, 6.45) is -0.391. The normalized spacial score (nSPS) is 11.5. The first kappa shape index (κ1) is 20.8. The molecule has 0 fully saturated rings. The van der Waals surface area contributed by atoms with Crippen LogP contribution >= 0.6 is 34.8 Å². The Morgan fingerprint density at radius 1 is 1.04 bits per heavy atom. The molecule has 26 heavy (non-hydrogen) atoms. The van der Waals surface area contributed by atoms with Crippen LogP contribution in [-0.2, 0) is 19.6 Å². The van der Waals surface area contributed by atoms with Crippen LogP contribution in [0.25, 0.3) is 0 Å². The summed E-state index contributed by atoms with van der Waals surface area (Å²) >= 11 is 18.0. The van der Waals surface area contributed by atoms with E-state index in [1.54, 1.807) is 13.8 Å². The fraction of sp³-hybridized carbons (Fsp3) is 0.235. The SMILES string of the molecule is CC(C)OC(=O)CN(c1cc(Cl)ccc1Cl)S(=O)(=O)c1ccc(Cl)cc1. The van der Waals surface area contributed by atoms with Gasteiger partial charge in [0.15, 0.2) is 0 Å². The molecule has 0 atom stereocenters. The van der Waals surface area contributed by atoms with E-state index in [0.29, 0.717) is 5.02 Å². The molecule has 0 spiro atoms. The molecule has 5 nitrogen and oxygen atoms in total. The smallest absolute Gasteiger partial charge is 0.327 e. The zero-order valence-corrected chi connectivity index (χ0v) is 17.0. The Morgan fingerprint density at radius 3 is 2.19 bits per heavy atom. The molecule has 0 aromatic heterocycles. The predicted molar refractivity (Wildman–Crippen MR) is 104 cm³/mol. The maximum atomic E-state index is 13.1. The van der Waals surface area contributed by atoms with Crippen LogP contribution in [0.4, 0.5) is 5.69 Å². The van der Waals surface area contributed by atoms with Crippen molar-refractivity contribution in [3.8, 4) is 0 Å². The number of hydrogen-bond donors (Lipinski definition) is 0. The van der Waals surface area contributed by atoms with Gasteiger partial charge in [0.25, 0.3) is 10.0 Å². The van der Waals surface area contributed by atoms with Crippen LogP contribution in [0.5, 0.6) is 0 Å². The van der Waals surface area contributed by atoms with Crippen LogP contribution < -0.4 is 4.31 Å². The first-order valence-electron chi connectivity index (χ1n) is 7.54. The maximum Gasteiger partial charge on any atom is 0.327 e. The highest BCUT2D eigenvalue weighted by Gasteiger charge is 2.29. The first-order valence-corrected chi connectivity index (χ1v) is 10.1. The minimum Gasteiger partial charge on any atom is -0.462 e. The average Bonchev–Trinajstić information content (AvgIpc) is 2.54. The van der Waals surface area contributed by atoms with Gasteiger partial charge in [-0.1, -0.05) is 34.8 Å². The Kier molecular flexibility index (Phi) is 6.80. The number of carbonyl (C=O) groups is 1. The molecule has 0 heterocycles. The van der Waals surface area contributed by atoms with E-state index in [4.69, 9.17) is 39.5 Å². The number of sulfonamides is 1. The lowest BCUT2D eigenvalue weighted by Crippen LogP contribution is -2.37. The van der Waals surface area contributed by atoms with Crippen LogP contribution in [0, 0.1) is 0 Å². The summed E-state index contributed by atoms with van der Waals surface area (Å²) in [4.78, 5) is 12.1. The van der Waals surface area contributed by atoms with Gasteiger partial charge in [0.1, 0.15) is 6.54 Å². The highest BCUT2D eigenvalue weighted by molar-refractivity contribution is 7.92. The molecule has 0 saturated heterocycles. The van der Waals surface area contributed by atoms with Gasteiger partial charge >= 0.3 is 5.97 Å². The second-order valence-corrected chi connectivity index (χ2v) is 8.74. The lowest BCUT2D eigenvalue weighted by Gasteiger charge is -2.25. The number of halogens is 3. The molecule has 0 radical (unpaired) electrons. The molecular weight excluding hydrogens is 421 g/mol. The predicted octanol–water partition coefficient (Wildman–Crippen LogP) is 4.79. The molecule has 0 aliphatic rings. The molecular formula is C17H16Cl3NO4S. The highest BCUT2D eigenvalue weighted by Crippen LogP contribution is 2.33. The molecule has 0 bridgehead atoms. The molecule has 2 aromatic carbocycles. The van der Waals surface area contributed by atoms with E-state index in [-0.39, 0.29) is 20.6 Å². The second kappa shape index (κ2) is 8.48. The topological polar surface area (TPSA) is 63.7 Å². The van der Waals surface area contributed by atoms with Crippen molar-refractivity contribution >= 4 is 56.5 Å². The highest BCUT2D eigenvalue weighted by atomic mass is 35.5. The molecule has 9 heteroatoms. The zero-order valence-electron chi connectivity index (χ0n) is 13.9. The summed E-state index contributed by atoms with van der Waals surface area (Å²) < 4.78 is 32.2. The molecule has 2 rings (SSSR count). The van der Waals surface area contributed by atoms with Crippen LogP contribution in [0.2, 0.25) is 15.1 Å². The van der Waals surface area contributed by atoms with Gasteiger partial charge in [-0.05, 0) is 56.3 Å². The van der Waals surface area contributed by atoms with Crippen LogP contribution in [-0.4, -0.2) is 27.0 Å². The Morgan fingerprint density at radius 2 is 1.62 bits per heavy atom. The van der Waals surface area contributed by atoms with Crippen LogP contribution in [0.3, 0.4) is 0 Å². The second-order valence-electron chi connectivity index (χ2n) is 5.60. The summed E-state index contributed by atoms with van der Waals surface area (Å²) in [5.74, 6) is -0.714. The van der Waals surface area contributed by atoms with E-state index in [2.05, 4.69) is 0 Å². The Labute approximate surface area is 167 Å². The molecule has 0 aliphatic carbocycles. The van der Waals surface area contributed by atoms with E-state index in [9.17, 15) is 13.2 Å². The number of anilines is 1. The number of hydrogen-bond acceptors (Lipinski definition) is 4. The minimum absolute atomic E-state index is 0.0460. The maximum absolute atomic E-state index is 13.1. The van der Waals surface area contributed by atoms with Gasteiger partial charge in [-0.25, -0.2) is 8.42 Å². The van der Waals surface area contributed by atoms with Gasteiger partial charge < -0.3 is 4.74 Å². The van der Waals surface area contributed by atoms with Crippen LogP contribution in [0.15, 0.2) is 47.4 Å². The summed E-state index contributed by atoms with van der Waals surface area (Å²) in [6.45, 7) is 2.79. The molecule has 0 unspecified atom stereocenters. The van der Waals surface area contributed by atoms with E-state index in [0.717, 1.165) is 4.31 Å². The zero-order chi connectivity index (χ0) is 19.5. The van der Waals surface area contributed by atoms with Gasteiger partial charge in [-0.2, -0.15) is 0 Å². The summed E-state index contributed by atoms with van der Waals surface area (Å²) in [6, 6.07) is 9.93. The van der Waals surface area contributed by atoms with E-state index in [1.165, 1.54) is 42.5 Å². The molecule has 0 aliphatic heterocycles. The number of nitrogens with zero attached hydrogens (tertiary/aromatic N) is 1. The lowest BCUT2D eigenvalue weighted by atomic mass is 10.3. The summed E-state index contributed by atoms with van der Waals surface area (Å²) in [5, 5.41) is 0.790. The van der Waals surface area contributed by atoms with Crippen molar-refractivity contribution in [2.45, 2.75) is 24.8 Å². The van der Waals surface area contributed by atoms with Gasteiger partial charge in [-0.15, -0.1) is 0 Å². The van der Waals surface area contributed by atoms with Crippen molar-refractivity contribution in [2.75, 3.05) is 10.8 Å². The van der Waals surface area contributed by atoms with E-state index < -0.39 is 28.6 Å². The van der Waals surface area contributed by atoms with E-state index >= 15 is 0 Å². The largest absolute Gasteiger partial charge is 0.462 e. The van der Waals surface area contributed by atoms with Crippen molar-refractivity contribution < 1.29 is 17.9 Å². The number of carbonyl (C=O) groups excluding carboxylic acids is 1. The molecule has 140 valence electrons. The van der Waals surface area contributed by atoms with E-state index in [1.807, 2.05) is 0 Å².